The predicted octanol–water partition coefficient (Wildman–Crippen LogP) is 4.25. The molecule has 0 saturated heterocycles. The lowest BCUT2D eigenvalue weighted by Gasteiger charge is -2.20. The zero-order valence-electron chi connectivity index (χ0n) is 18.2. The van der Waals surface area contributed by atoms with Crippen LogP contribution in [0.5, 0.6) is 0 Å². The molecule has 2 rings (SSSR count). The van der Waals surface area contributed by atoms with Crippen LogP contribution in [-0.2, 0) is 18.3 Å². The van der Waals surface area contributed by atoms with Crippen molar-refractivity contribution in [1.82, 2.24) is 14.9 Å². The summed E-state index contributed by atoms with van der Waals surface area (Å²) in [5.41, 5.74) is 2.48. The quantitative estimate of drug-likeness (QED) is 0.465. The van der Waals surface area contributed by atoms with E-state index in [1.54, 1.807) is 11.6 Å². The van der Waals surface area contributed by atoms with Gasteiger partial charge in [-0.1, -0.05) is 68.8 Å². The summed E-state index contributed by atoms with van der Waals surface area (Å²) in [5.74, 6) is 0.0260. The number of rotatable bonds is 10. The van der Waals surface area contributed by atoms with Gasteiger partial charge in [0.2, 0.25) is 5.91 Å². The van der Waals surface area contributed by atoms with Gasteiger partial charge in [-0.2, -0.15) is 0 Å². The average molecular weight is 416 g/mol. The fourth-order valence-electron chi connectivity index (χ4n) is 3.04. The average Bonchev–Trinajstić information content (AvgIpc) is 2.72. The molecule has 2 aromatic rings. The zero-order chi connectivity index (χ0) is 21.4. The van der Waals surface area contributed by atoms with Crippen molar-refractivity contribution in [3.05, 3.63) is 57.5 Å². The molecule has 1 heterocycles. The monoisotopic (exact) mass is 415 g/mol. The summed E-state index contributed by atoms with van der Waals surface area (Å²) in [4.78, 5) is 30.5. The van der Waals surface area contributed by atoms with Gasteiger partial charge in [-0.15, -0.1) is 0 Å². The molecule has 0 fully saturated rings. The van der Waals surface area contributed by atoms with Gasteiger partial charge in [-0.05, 0) is 32.3 Å². The summed E-state index contributed by atoms with van der Waals surface area (Å²) in [7, 11) is 1.75. The lowest BCUT2D eigenvalue weighted by Crippen LogP contribution is -2.39. The molecule has 1 amide bonds. The molecular formula is C23H33N3O2S. The van der Waals surface area contributed by atoms with Gasteiger partial charge >= 0.3 is 0 Å². The zero-order valence-corrected chi connectivity index (χ0v) is 19.0. The fraction of sp³-hybridized carbons (Fsp3) is 0.522. The van der Waals surface area contributed by atoms with E-state index in [4.69, 9.17) is 4.98 Å². The van der Waals surface area contributed by atoms with Crippen molar-refractivity contribution in [2.75, 3.05) is 0 Å². The molecule has 6 heteroatoms. The van der Waals surface area contributed by atoms with E-state index in [1.165, 1.54) is 11.8 Å². The van der Waals surface area contributed by atoms with Crippen LogP contribution in [0.4, 0.5) is 0 Å². The van der Waals surface area contributed by atoms with Crippen LogP contribution < -0.4 is 10.9 Å². The van der Waals surface area contributed by atoms with Crippen molar-refractivity contribution in [2.24, 2.45) is 7.05 Å². The van der Waals surface area contributed by atoms with E-state index < -0.39 is 0 Å². The summed E-state index contributed by atoms with van der Waals surface area (Å²) in [6.07, 6.45) is 4.20. The van der Waals surface area contributed by atoms with Gasteiger partial charge < -0.3 is 5.32 Å². The van der Waals surface area contributed by atoms with Crippen molar-refractivity contribution in [1.29, 1.82) is 0 Å². The number of thioether (sulfide) groups is 1. The number of benzene rings is 1. The van der Waals surface area contributed by atoms with Crippen LogP contribution in [-0.4, -0.2) is 26.8 Å². The minimum Gasteiger partial charge on any atom is -0.353 e. The van der Waals surface area contributed by atoms with Crippen LogP contribution in [0.2, 0.25) is 0 Å². The normalized spacial score (nSPS) is 13.1. The molecule has 1 aromatic carbocycles. The lowest BCUT2D eigenvalue weighted by atomic mass is 10.1. The number of carbonyl (C=O) groups is 1. The molecule has 5 nitrogen and oxygen atoms in total. The first-order chi connectivity index (χ1) is 13.9. The number of carbonyl (C=O) groups excluding carboxylic acids is 1. The minimum atomic E-state index is -0.249. The smallest absolute Gasteiger partial charge is 0.257 e. The molecule has 2 atom stereocenters. The molecule has 0 saturated carbocycles. The first kappa shape index (κ1) is 23.2. The van der Waals surface area contributed by atoms with Crippen molar-refractivity contribution in [2.45, 2.75) is 76.2 Å². The number of hydrogen-bond acceptors (Lipinski definition) is 4. The second-order valence-corrected chi connectivity index (χ2v) is 8.72. The number of aryl methyl sites for hydroxylation is 1. The van der Waals surface area contributed by atoms with Crippen LogP contribution in [0.1, 0.15) is 63.3 Å². The van der Waals surface area contributed by atoms with Crippen LogP contribution in [0.25, 0.3) is 0 Å². The molecule has 1 N–H and O–H groups in total. The van der Waals surface area contributed by atoms with Crippen molar-refractivity contribution in [3.63, 3.8) is 0 Å². The van der Waals surface area contributed by atoms with Crippen molar-refractivity contribution >= 4 is 17.7 Å². The molecule has 1 aromatic heterocycles. The summed E-state index contributed by atoms with van der Waals surface area (Å²) in [6.45, 7) is 8.06. The summed E-state index contributed by atoms with van der Waals surface area (Å²) >= 11 is 1.40. The molecule has 0 aliphatic rings. The van der Waals surface area contributed by atoms with Crippen LogP contribution in [0.3, 0.4) is 0 Å². The van der Waals surface area contributed by atoms with Crippen molar-refractivity contribution < 1.29 is 4.79 Å². The van der Waals surface area contributed by atoms with Crippen LogP contribution in [0.15, 0.2) is 40.3 Å². The van der Waals surface area contributed by atoms with Gasteiger partial charge in [0.05, 0.1) is 5.25 Å². The number of unbranched alkanes of at least 4 members (excludes halogenated alkanes) is 1. The highest BCUT2D eigenvalue weighted by atomic mass is 32.2. The second kappa shape index (κ2) is 11.2. The Morgan fingerprint density at radius 3 is 2.55 bits per heavy atom. The summed E-state index contributed by atoms with van der Waals surface area (Å²) < 4.78 is 1.59. The van der Waals surface area contributed by atoms with E-state index in [-0.39, 0.29) is 22.8 Å². The largest absolute Gasteiger partial charge is 0.353 e. The number of amides is 1. The molecule has 0 spiro atoms. The van der Waals surface area contributed by atoms with Gasteiger partial charge in [-0.3, -0.25) is 14.2 Å². The molecular weight excluding hydrogens is 382 g/mol. The Kier molecular flexibility index (Phi) is 8.96. The van der Waals surface area contributed by atoms with Gasteiger partial charge in [-0.25, -0.2) is 4.98 Å². The Morgan fingerprint density at radius 2 is 1.93 bits per heavy atom. The second-order valence-electron chi connectivity index (χ2n) is 7.55. The predicted molar refractivity (Wildman–Crippen MR) is 121 cm³/mol. The van der Waals surface area contributed by atoms with Gasteiger partial charge in [0, 0.05) is 30.8 Å². The minimum absolute atomic E-state index is 0.0260. The Hall–Kier alpha value is -2.08. The standard InChI is InChI=1S/C23H33N3O2S/c1-6-8-14-20(21(27)24-16(3)7-2)29-23-25-17(4)19(22(28)26(23)5)15-18-12-10-9-11-13-18/h9-13,16,20H,6-8,14-15H2,1-5H3,(H,24,27). The SMILES string of the molecule is CCCCC(Sc1nc(C)c(Cc2ccccc2)c(=O)n1C)C(=O)NC(C)CC. The van der Waals surface area contributed by atoms with E-state index in [2.05, 4.69) is 19.2 Å². The Morgan fingerprint density at radius 1 is 1.24 bits per heavy atom. The number of nitrogens with one attached hydrogen (secondary N) is 1. The van der Waals surface area contributed by atoms with Gasteiger partial charge in [0.1, 0.15) is 0 Å². The third kappa shape index (κ3) is 6.46. The van der Waals surface area contributed by atoms with Crippen LogP contribution in [0, 0.1) is 6.92 Å². The first-order valence-electron chi connectivity index (χ1n) is 10.4. The molecule has 0 aliphatic heterocycles. The fourth-order valence-corrected chi connectivity index (χ4v) is 4.18. The van der Waals surface area contributed by atoms with E-state index >= 15 is 0 Å². The topological polar surface area (TPSA) is 64.0 Å². The molecule has 0 aliphatic carbocycles. The molecule has 0 radical (unpaired) electrons. The maximum Gasteiger partial charge on any atom is 0.257 e. The van der Waals surface area contributed by atoms with E-state index in [1.807, 2.05) is 44.2 Å². The number of aromatic nitrogens is 2. The first-order valence-corrected chi connectivity index (χ1v) is 11.3. The van der Waals surface area contributed by atoms with Crippen molar-refractivity contribution in [3.8, 4) is 0 Å². The summed E-state index contributed by atoms with van der Waals surface area (Å²) in [5, 5.41) is 3.43. The van der Waals surface area contributed by atoms with Crippen LogP contribution >= 0.6 is 11.8 Å². The highest BCUT2D eigenvalue weighted by Crippen LogP contribution is 2.26. The Bertz CT molecular complexity index is 864. The van der Waals surface area contributed by atoms with E-state index in [9.17, 15) is 9.59 Å². The molecule has 2 unspecified atom stereocenters. The lowest BCUT2D eigenvalue weighted by molar-refractivity contribution is -0.121. The van der Waals surface area contributed by atoms with E-state index in [0.717, 1.165) is 36.9 Å². The molecule has 158 valence electrons. The van der Waals surface area contributed by atoms with Gasteiger partial charge in [0.15, 0.2) is 5.16 Å². The maximum atomic E-state index is 13.0. The number of hydrogen-bond donors (Lipinski definition) is 1. The Labute approximate surface area is 178 Å². The Balaban J connectivity index is 2.27. The maximum absolute atomic E-state index is 13.0. The van der Waals surface area contributed by atoms with E-state index in [0.29, 0.717) is 17.1 Å². The van der Waals surface area contributed by atoms with Gasteiger partial charge in [0.25, 0.3) is 5.56 Å². The third-order valence-electron chi connectivity index (χ3n) is 5.13. The third-order valence-corrected chi connectivity index (χ3v) is 6.44. The molecule has 29 heavy (non-hydrogen) atoms. The summed E-state index contributed by atoms with van der Waals surface area (Å²) in [6, 6.07) is 10.1. The highest BCUT2D eigenvalue weighted by molar-refractivity contribution is 8.00. The molecule has 0 bridgehead atoms. The number of nitrogens with zero attached hydrogens (tertiary/aromatic N) is 2. The highest BCUT2D eigenvalue weighted by Gasteiger charge is 2.23.